The van der Waals surface area contributed by atoms with E-state index in [1.807, 2.05) is 31.4 Å². The lowest BCUT2D eigenvalue weighted by molar-refractivity contribution is 0.414. The van der Waals surface area contributed by atoms with E-state index in [0.717, 1.165) is 40.9 Å². The Morgan fingerprint density at radius 1 is 1.05 bits per heavy atom. The Hall–Kier alpha value is -4.11. The van der Waals surface area contributed by atoms with Gasteiger partial charge in [0.25, 0.3) is 0 Å². The van der Waals surface area contributed by atoms with Gasteiger partial charge in [0.1, 0.15) is 23.6 Å². The Bertz CT molecular complexity index is 1610. The molecule has 0 amide bonds. The minimum Gasteiger partial charge on any atom is -0.494 e. The van der Waals surface area contributed by atoms with Gasteiger partial charge < -0.3 is 9.30 Å². The van der Waals surface area contributed by atoms with Crippen molar-refractivity contribution in [1.82, 2.24) is 34.5 Å². The van der Waals surface area contributed by atoms with E-state index in [1.54, 1.807) is 34.9 Å². The quantitative estimate of drug-likeness (QED) is 0.264. The Kier molecular flexibility index (Phi) is 5.92. The molecule has 37 heavy (non-hydrogen) atoms. The highest BCUT2D eigenvalue weighted by Crippen LogP contribution is 2.42. The average molecular weight is 516 g/mol. The van der Waals surface area contributed by atoms with Crippen LogP contribution < -0.4 is 4.74 Å². The number of hydrogen-bond donors (Lipinski definition) is 0. The molecule has 8 nitrogen and oxygen atoms in total. The van der Waals surface area contributed by atoms with Crippen LogP contribution in [-0.2, 0) is 12.9 Å². The molecule has 0 unspecified atom stereocenters. The van der Waals surface area contributed by atoms with Crippen molar-refractivity contribution in [2.45, 2.75) is 24.6 Å². The summed E-state index contributed by atoms with van der Waals surface area (Å²) in [6.45, 7) is 0. The number of aromatic nitrogens is 7. The summed E-state index contributed by atoms with van der Waals surface area (Å²) in [5, 5.41) is 12.8. The van der Waals surface area contributed by atoms with Gasteiger partial charge in [0.05, 0.1) is 24.9 Å². The smallest absolute Gasteiger partial charge is 0.164 e. The number of aryl methyl sites for hydroxylation is 1. The second-order valence-electron chi connectivity index (χ2n) is 9.03. The summed E-state index contributed by atoms with van der Waals surface area (Å²) in [4.78, 5) is 9.56. The van der Waals surface area contributed by atoms with Crippen LogP contribution in [0, 0.1) is 5.82 Å². The number of halogens is 2. The van der Waals surface area contributed by atoms with Crippen LogP contribution in [0.3, 0.4) is 0 Å². The number of nitrogens with zero attached hydrogens (tertiary/aromatic N) is 7. The lowest BCUT2D eigenvalue weighted by atomic mass is 9.98. The molecule has 1 fully saturated rings. The molecule has 1 saturated carbocycles. The first kappa shape index (κ1) is 23.3. The lowest BCUT2D eigenvalue weighted by Crippen LogP contribution is -2.02. The van der Waals surface area contributed by atoms with Crippen molar-refractivity contribution >= 4 is 11.6 Å². The van der Waals surface area contributed by atoms with E-state index in [9.17, 15) is 4.39 Å². The number of hydrogen-bond acceptors (Lipinski definition) is 6. The van der Waals surface area contributed by atoms with Crippen molar-refractivity contribution in [3.05, 3.63) is 78.4 Å². The molecule has 10 heteroatoms. The van der Waals surface area contributed by atoms with Crippen LogP contribution in [0.25, 0.3) is 39.6 Å². The number of pyridine rings is 2. The van der Waals surface area contributed by atoms with Crippen LogP contribution >= 0.6 is 11.6 Å². The standard InChI is InChI=1S/C27H23ClFN7O/c1-35-15-30-34-27(35)22-11-19(29)5-7-21(22)17-9-23(16-3-4-16)33-25(10-17)36-14-18(13-31-36)26-24(37-2)8-6-20(12-28)32-26/h5-11,13-16H,3-4,12H2,1-2H3. The van der Waals surface area contributed by atoms with Gasteiger partial charge in [-0.25, -0.2) is 19.0 Å². The molecule has 6 rings (SSSR count). The fraction of sp³-hybridized carbons (Fsp3) is 0.222. The first-order chi connectivity index (χ1) is 18.0. The van der Waals surface area contributed by atoms with Crippen LogP contribution in [0.1, 0.15) is 30.1 Å². The number of methoxy groups -OCH3 is 1. The third-order valence-corrected chi connectivity index (χ3v) is 6.71. The number of ether oxygens (including phenoxy) is 1. The Morgan fingerprint density at radius 2 is 1.92 bits per heavy atom. The summed E-state index contributed by atoms with van der Waals surface area (Å²) in [6, 6.07) is 12.4. The number of benzene rings is 1. The summed E-state index contributed by atoms with van der Waals surface area (Å²) in [6.07, 6.45) is 7.39. The van der Waals surface area contributed by atoms with Crippen LogP contribution in [0.5, 0.6) is 5.75 Å². The maximum absolute atomic E-state index is 14.3. The summed E-state index contributed by atoms with van der Waals surface area (Å²) in [5.74, 6) is 2.23. The molecule has 0 radical (unpaired) electrons. The molecule has 1 aliphatic rings. The summed E-state index contributed by atoms with van der Waals surface area (Å²) in [7, 11) is 3.44. The van der Waals surface area contributed by atoms with E-state index in [0.29, 0.717) is 40.4 Å². The van der Waals surface area contributed by atoms with Crippen LogP contribution in [-0.4, -0.2) is 41.6 Å². The molecule has 5 aromatic rings. The van der Waals surface area contributed by atoms with E-state index in [-0.39, 0.29) is 5.82 Å². The van der Waals surface area contributed by atoms with Gasteiger partial charge in [-0.15, -0.1) is 21.8 Å². The zero-order chi connectivity index (χ0) is 25.5. The van der Waals surface area contributed by atoms with Gasteiger partial charge in [-0.1, -0.05) is 6.07 Å². The summed E-state index contributed by atoms with van der Waals surface area (Å²) in [5.41, 5.74) is 5.58. The highest BCUT2D eigenvalue weighted by molar-refractivity contribution is 6.16. The van der Waals surface area contributed by atoms with Crippen molar-refractivity contribution in [1.29, 1.82) is 0 Å². The van der Waals surface area contributed by atoms with E-state index in [4.69, 9.17) is 21.3 Å². The van der Waals surface area contributed by atoms with E-state index in [2.05, 4.69) is 26.3 Å². The predicted octanol–water partition coefficient (Wildman–Crippen LogP) is 5.56. The Morgan fingerprint density at radius 3 is 2.65 bits per heavy atom. The van der Waals surface area contributed by atoms with Gasteiger partial charge in [0, 0.05) is 36.0 Å². The van der Waals surface area contributed by atoms with Gasteiger partial charge >= 0.3 is 0 Å². The van der Waals surface area contributed by atoms with Gasteiger partial charge in [-0.3, -0.25) is 0 Å². The molecule has 4 heterocycles. The van der Waals surface area contributed by atoms with Crippen LogP contribution in [0.4, 0.5) is 4.39 Å². The van der Waals surface area contributed by atoms with Gasteiger partial charge in [-0.2, -0.15) is 5.10 Å². The molecule has 0 bridgehead atoms. The molecular weight excluding hydrogens is 493 g/mol. The van der Waals surface area contributed by atoms with Crippen molar-refractivity contribution in [2.75, 3.05) is 7.11 Å². The lowest BCUT2D eigenvalue weighted by Gasteiger charge is -2.13. The minimum absolute atomic E-state index is 0.297. The average Bonchev–Trinajstić information content (AvgIpc) is 3.50. The Labute approximate surface area is 217 Å². The molecular formula is C27H23ClFN7O. The highest BCUT2D eigenvalue weighted by Gasteiger charge is 2.27. The van der Waals surface area contributed by atoms with E-state index in [1.165, 1.54) is 12.1 Å². The van der Waals surface area contributed by atoms with Crippen LogP contribution in [0.15, 0.2) is 61.2 Å². The SMILES string of the molecule is COc1ccc(CCl)nc1-c1cnn(-c2cc(-c3ccc(F)cc3-c3nncn3C)cc(C3CC3)n2)c1. The summed E-state index contributed by atoms with van der Waals surface area (Å²) >= 11 is 6.01. The summed E-state index contributed by atoms with van der Waals surface area (Å²) < 4.78 is 23.3. The maximum atomic E-state index is 14.3. The molecule has 186 valence electrons. The molecule has 1 aliphatic carbocycles. The molecule has 0 N–H and O–H groups in total. The first-order valence-electron chi connectivity index (χ1n) is 11.9. The second kappa shape index (κ2) is 9.40. The molecule has 1 aromatic carbocycles. The van der Waals surface area contributed by atoms with E-state index >= 15 is 0 Å². The van der Waals surface area contributed by atoms with E-state index < -0.39 is 0 Å². The molecule has 0 saturated heterocycles. The van der Waals surface area contributed by atoms with Gasteiger partial charge in [0.15, 0.2) is 11.6 Å². The fourth-order valence-corrected chi connectivity index (χ4v) is 4.53. The molecule has 4 aromatic heterocycles. The first-order valence-corrected chi connectivity index (χ1v) is 12.4. The van der Waals surface area contributed by atoms with Crippen molar-refractivity contribution < 1.29 is 9.13 Å². The monoisotopic (exact) mass is 515 g/mol. The maximum Gasteiger partial charge on any atom is 0.164 e. The van der Waals surface area contributed by atoms with Crippen molar-refractivity contribution in [2.24, 2.45) is 7.05 Å². The zero-order valence-corrected chi connectivity index (χ0v) is 21.0. The second-order valence-corrected chi connectivity index (χ2v) is 9.30. The van der Waals surface area contributed by atoms with Gasteiger partial charge in [-0.05, 0) is 60.4 Å². The zero-order valence-electron chi connectivity index (χ0n) is 20.3. The largest absolute Gasteiger partial charge is 0.494 e. The third-order valence-electron chi connectivity index (χ3n) is 6.44. The van der Waals surface area contributed by atoms with Gasteiger partial charge in [0.2, 0.25) is 0 Å². The third kappa shape index (κ3) is 4.46. The number of alkyl halides is 1. The predicted molar refractivity (Wildman–Crippen MR) is 138 cm³/mol. The van der Waals surface area contributed by atoms with Crippen molar-refractivity contribution in [3.8, 4) is 45.3 Å². The normalized spacial score (nSPS) is 13.2. The van der Waals surface area contributed by atoms with Crippen LogP contribution in [0.2, 0.25) is 0 Å². The fourth-order valence-electron chi connectivity index (χ4n) is 4.38. The minimum atomic E-state index is -0.337. The molecule has 0 aliphatic heterocycles. The topological polar surface area (TPSA) is 83.5 Å². The number of rotatable bonds is 7. The molecule has 0 atom stereocenters. The van der Waals surface area contributed by atoms with Crippen molar-refractivity contribution in [3.63, 3.8) is 0 Å². The molecule has 0 spiro atoms. The highest BCUT2D eigenvalue weighted by atomic mass is 35.5. The Balaban J connectivity index is 1.47.